The number of alkyl halides is 3. The third-order valence-electron chi connectivity index (χ3n) is 3.07. The van der Waals surface area contributed by atoms with Gasteiger partial charge >= 0.3 is 6.18 Å². The summed E-state index contributed by atoms with van der Waals surface area (Å²) in [5.74, 6) is -0.204. The highest BCUT2D eigenvalue weighted by Crippen LogP contribution is 2.52. The number of halogens is 3. The molecule has 1 fully saturated rings. The van der Waals surface area contributed by atoms with Crippen LogP contribution in [0.15, 0.2) is 18.5 Å². The van der Waals surface area contributed by atoms with Gasteiger partial charge in [-0.25, -0.2) is 0 Å². The maximum atomic E-state index is 12.7. The smallest absolute Gasteiger partial charge is 0.299 e. The van der Waals surface area contributed by atoms with Crippen LogP contribution in [-0.2, 0) is 16.4 Å². The van der Waals surface area contributed by atoms with E-state index in [-0.39, 0.29) is 11.3 Å². The van der Waals surface area contributed by atoms with E-state index in [2.05, 4.69) is 4.98 Å². The Morgan fingerprint density at radius 1 is 1.44 bits per heavy atom. The molecule has 0 N–H and O–H groups in total. The number of carbonyl (C=O) groups is 1. The van der Waals surface area contributed by atoms with Crippen molar-refractivity contribution >= 4 is 5.78 Å². The molecule has 1 aromatic heterocycles. The lowest BCUT2D eigenvalue weighted by atomic mass is 9.89. The molecule has 0 amide bonds. The first-order valence-corrected chi connectivity index (χ1v) is 4.91. The van der Waals surface area contributed by atoms with Crippen LogP contribution in [-0.4, -0.2) is 10.8 Å². The average Bonchev–Trinajstić information content (AvgIpc) is 2.97. The van der Waals surface area contributed by atoms with Crippen molar-refractivity contribution in [1.82, 2.24) is 4.98 Å². The van der Waals surface area contributed by atoms with Crippen molar-refractivity contribution < 1.29 is 18.0 Å². The first-order valence-electron chi connectivity index (χ1n) is 4.91. The summed E-state index contributed by atoms with van der Waals surface area (Å²) in [7, 11) is 0. The van der Waals surface area contributed by atoms with Gasteiger partial charge in [-0.1, -0.05) is 0 Å². The van der Waals surface area contributed by atoms with Crippen LogP contribution in [0.25, 0.3) is 0 Å². The number of hydrogen-bond donors (Lipinski definition) is 0. The summed E-state index contributed by atoms with van der Waals surface area (Å²) in [4.78, 5) is 14.9. The number of aromatic nitrogens is 1. The van der Waals surface area contributed by atoms with Crippen LogP contribution in [0.5, 0.6) is 0 Å². The number of ketones is 1. The fourth-order valence-corrected chi connectivity index (χ4v) is 1.97. The Labute approximate surface area is 90.5 Å². The molecule has 1 aliphatic carbocycles. The molecule has 0 atom stereocenters. The van der Waals surface area contributed by atoms with Gasteiger partial charge in [0.1, 0.15) is 5.78 Å². The van der Waals surface area contributed by atoms with Gasteiger partial charge in [-0.2, -0.15) is 13.2 Å². The Kier molecular flexibility index (Phi) is 2.29. The van der Waals surface area contributed by atoms with E-state index in [1.807, 2.05) is 0 Å². The first-order chi connectivity index (χ1) is 7.38. The molecule has 1 heterocycles. The SMILES string of the molecule is CC(=O)C1(c2ccncc2C(F)(F)F)CC1. The van der Waals surface area contributed by atoms with Gasteiger partial charge in [0.2, 0.25) is 0 Å². The van der Waals surface area contributed by atoms with Crippen molar-refractivity contribution in [2.75, 3.05) is 0 Å². The quantitative estimate of drug-likeness (QED) is 0.780. The van der Waals surface area contributed by atoms with Gasteiger partial charge in [-0.05, 0) is 31.4 Å². The van der Waals surface area contributed by atoms with Gasteiger partial charge in [-0.15, -0.1) is 0 Å². The van der Waals surface area contributed by atoms with E-state index >= 15 is 0 Å². The number of carbonyl (C=O) groups excluding carboxylic acids is 1. The molecule has 0 saturated heterocycles. The summed E-state index contributed by atoms with van der Waals surface area (Å²) in [6.45, 7) is 1.34. The maximum absolute atomic E-state index is 12.7. The van der Waals surface area contributed by atoms with Crippen LogP contribution in [0.1, 0.15) is 30.9 Å². The highest BCUT2D eigenvalue weighted by Gasteiger charge is 2.52. The summed E-state index contributed by atoms with van der Waals surface area (Å²) in [5.41, 5.74) is -1.63. The molecule has 0 aliphatic heterocycles. The highest BCUT2D eigenvalue weighted by molar-refractivity contribution is 5.91. The van der Waals surface area contributed by atoms with Gasteiger partial charge in [0, 0.05) is 12.4 Å². The van der Waals surface area contributed by atoms with Gasteiger partial charge in [0.05, 0.1) is 11.0 Å². The van der Waals surface area contributed by atoms with Crippen LogP contribution in [0, 0.1) is 0 Å². The molecule has 0 aromatic carbocycles. The fraction of sp³-hybridized carbons (Fsp3) is 0.455. The lowest BCUT2D eigenvalue weighted by molar-refractivity contribution is -0.139. The summed E-state index contributed by atoms with van der Waals surface area (Å²) < 4.78 is 38.2. The number of pyridine rings is 1. The van der Waals surface area contributed by atoms with E-state index < -0.39 is 17.2 Å². The van der Waals surface area contributed by atoms with Crippen LogP contribution >= 0.6 is 0 Å². The molecule has 2 nitrogen and oxygen atoms in total. The van der Waals surface area contributed by atoms with E-state index in [1.54, 1.807) is 0 Å². The minimum absolute atomic E-state index is 0.0718. The molecule has 0 radical (unpaired) electrons. The normalized spacial score (nSPS) is 18.2. The number of rotatable bonds is 2. The molecule has 1 aromatic rings. The second-order valence-electron chi connectivity index (χ2n) is 4.06. The summed E-state index contributed by atoms with van der Waals surface area (Å²) in [6.07, 6.45) is -1.37. The molecule has 1 aliphatic rings. The maximum Gasteiger partial charge on any atom is 0.418 e. The third kappa shape index (κ3) is 1.60. The van der Waals surface area contributed by atoms with Crippen molar-refractivity contribution in [3.05, 3.63) is 29.6 Å². The molecule has 86 valence electrons. The monoisotopic (exact) mass is 229 g/mol. The van der Waals surface area contributed by atoms with E-state index in [1.165, 1.54) is 19.2 Å². The Bertz CT molecular complexity index is 435. The van der Waals surface area contributed by atoms with Crippen molar-refractivity contribution in [3.63, 3.8) is 0 Å². The van der Waals surface area contributed by atoms with Gasteiger partial charge < -0.3 is 0 Å². The number of nitrogens with zero attached hydrogens (tertiary/aromatic N) is 1. The second kappa shape index (κ2) is 3.30. The lowest BCUT2D eigenvalue weighted by Gasteiger charge is -2.17. The number of Topliss-reactive ketones (excluding diaryl/α,β-unsaturated/α-hetero) is 1. The zero-order valence-corrected chi connectivity index (χ0v) is 8.64. The molecule has 16 heavy (non-hydrogen) atoms. The predicted octanol–water partition coefficient (Wildman–Crippen LogP) is 2.72. The van der Waals surface area contributed by atoms with Crippen LogP contribution in [0.2, 0.25) is 0 Å². The van der Waals surface area contributed by atoms with E-state index in [0.717, 1.165) is 6.20 Å². The molecule has 1 saturated carbocycles. The summed E-state index contributed by atoms with van der Waals surface area (Å²) in [5, 5.41) is 0. The van der Waals surface area contributed by atoms with Crippen molar-refractivity contribution in [3.8, 4) is 0 Å². The predicted molar refractivity (Wildman–Crippen MR) is 50.8 cm³/mol. The minimum Gasteiger partial charge on any atom is -0.299 e. The minimum atomic E-state index is -4.45. The molecule has 0 bridgehead atoms. The van der Waals surface area contributed by atoms with E-state index in [0.29, 0.717) is 12.8 Å². The van der Waals surface area contributed by atoms with Crippen LogP contribution in [0.4, 0.5) is 13.2 Å². The molecular formula is C11H10F3NO. The van der Waals surface area contributed by atoms with Gasteiger partial charge in [-0.3, -0.25) is 9.78 Å². The highest BCUT2D eigenvalue weighted by atomic mass is 19.4. The zero-order valence-electron chi connectivity index (χ0n) is 8.64. The standard InChI is InChI=1S/C11H10F3NO/c1-7(16)10(3-4-10)8-2-5-15-6-9(8)11(12,13)14/h2,5-6H,3-4H2,1H3. The van der Waals surface area contributed by atoms with Gasteiger partial charge in [0.15, 0.2) is 0 Å². The average molecular weight is 229 g/mol. The van der Waals surface area contributed by atoms with Crippen molar-refractivity contribution in [1.29, 1.82) is 0 Å². The molecule has 0 unspecified atom stereocenters. The van der Waals surface area contributed by atoms with E-state index in [9.17, 15) is 18.0 Å². The largest absolute Gasteiger partial charge is 0.418 e. The second-order valence-corrected chi connectivity index (χ2v) is 4.06. The van der Waals surface area contributed by atoms with E-state index in [4.69, 9.17) is 0 Å². The zero-order chi connectivity index (χ0) is 12.0. The summed E-state index contributed by atoms with van der Waals surface area (Å²) in [6, 6.07) is 1.30. The van der Waals surface area contributed by atoms with Crippen molar-refractivity contribution in [2.45, 2.75) is 31.4 Å². The van der Waals surface area contributed by atoms with Crippen molar-refractivity contribution in [2.24, 2.45) is 0 Å². The molecule has 5 heteroatoms. The Morgan fingerprint density at radius 2 is 2.06 bits per heavy atom. The first kappa shape index (κ1) is 11.1. The third-order valence-corrected chi connectivity index (χ3v) is 3.07. The molecular weight excluding hydrogens is 219 g/mol. The fourth-order valence-electron chi connectivity index (χ4n) is 1.97. The van der Waals surface area contributed by atoms with Gasteiger partial charge in [0.25, 0.3) is 0 Å². The topological polar surface area (TPSA) is 30.0 Å². The Morgan fingerprint density at radius 3 is 2.50 bits per heavy atom. The van der Waals surface area contributed by atoms with Crippen LogP contribution in [0.3, 0.4) is 0 Å². The Hall–Kier alpha value is -1.39. The number of hydrogen-bond acceptors (Lipinski definition) is 2. The summed E-state index contributed by atoms with van der Waals surface area (Å²) >= 11 is 0. The van der Waals surface area contributed by atoms with Crippen LogP contribution < -0.4 is 0 Å². The molecule has 2 rings (SSSR count). The Balaban J connectivity index is 2.54. The lowest BCUT2D eigenvalue weighted by Crippen LogP contribution is -2.22. The molecule has 0 spiro atoms.